The van der Waals surface area contributed by atoms with Gasteiger partial charge < -0.3 is 9.47 Å². The van der Waals surface area contributed by atoms with Gasteiger partial charge in [0.2, 0.25) is 0 Å². The number of nitrogens with one attached hydrogen (secondary N) is 2. The maximum Gasteiger partial charge on any atom is 0.276 e. The monoisotopic (exact) mass is 494 g/mol. The molecule has 0 spiro atoms. The van der Waals surface area contributed by atoms with Gasteiger partial charge in [0.15, 0.2) is 19.0 Å². The molecule has 0 saturated heterocycles. The van der Waals surface area contributed by atoms with Crippen LogP contribution in [0.3, 0.4) is 0 Å². The van der Waals surface area contributed by atoms with Gasteiger partial charge in [-0.25, -0.2) is 0 Å². The molecule has 0 aromatic heterocycles. The van der Waals surface area contributed by atoms with Gasteiger partial charge in [-0.2, -0.15) is 0 Å². The van der Waals surface area contributed by atoms with Gasteiger partial charge in [0.1, 0.15) is 5.75 Å². The van der Waals surface area contributed by atoms with E-state index in [-0.39, 0.29) is 24.0 Å². The molecule has 2 aromatic rings. The van der Waals surface area contributed by atoms with Crippen molar-refractivity contribution < 1.29 is 19.1 Å². The molecule has 0 bridgehead atoms. The normalized spacial score (nSPS) is 10.3. The van der Waals surface area contributed by atoms with E-state index < -0.39 is 11.8 Å². The van der Waals surface area contributed by atoms with Gasteiger partial charge in [-0.3, -0.25) is 20.4 Å². The highest BCUT2D eigenvalue weighted by Crippen LogP contribution is 2.35. The van der Waals surface area contributed by atoms with Crippen LogP contribution in [0.15, 0.2) is 34.8 Å². The van der Waals surface area contributed by atoms with E-state index in [1.165, 1.54) is 6.07 Å². The van der Waals surface area contributed by atoms with Gasteiger partial charge >= 0.3 is 0 Å². The molecule has 0 aliphatic heterocycles. The second-order valence-corrected chi connectivity index (χ2v) is 7.39. The first-order chi connectivity index (χ1) is 12.8. The predicted molar refractivity (Wildman–Crippen MR) is 108 cm³/mol. The van der Waals surface area contributed by atoms with Crippen LogP contribution in [0.4, 0.5) is 0 Å². The summed E-state index contributed by atoms with van der Waals surface area (Å²) < 4.78 is 11.1. The van der Waals surface area contributed by atoms with Crippen LogP contribution in [0.25, 0.3) is 0 Å². The van der Waals surface area contributed by atoms with Crippen LogP contribution in [-0.4, -0.2) is 25.0 Å². The Morgan fingerprint density at radius 3 is 2.19 bits per heavy atom. The van der Waals surface area contributed by atoms with Gasteiger partial charge in [-0.15, -0.1) is 0 Å². The summed E-state index contributed by atoms with van der Waals surface area (Å²) >= 11 is 21.0. The maximum absolute atomic E-state index is 11.8. The van der Waals surface area contributed by atoms with Crippen molar-refractivity contribution in [3.63, 3.8) is 0 Å². The Bertz CT molecular complexity index is 841. The van der Waals surface area contributed by atoms with Crippen molar-refractivity contribution in [2.45, 2.75) is 6.92 Å². The molecule has 0 radical (unpaired) electrons. The van der Waals surface area contributed by atoms with Crippen molar-refractivity contribution in [3.8, 4) is 11.5 Å². The molecular formula is C17H14BrCl3N2O4. The predicted octanol–water partition coefficient (Wildman–Crippen LogP) is 4.32. The number of carbonyl (C=O) groups excluding carboxylic acids is 2. The zero-order chi connectivity index (χ0) is 20.0. The molecule has 0 heterocycles. The number of benzene rings is 2. The molecule has 144 valence electrons. The fourth-order valence-corrected chi connectivity index (χ4v) is 3.36. The number of halogens is 4. The highest BCUT2D eigenvalue weighted by atomic mass is 79.9. The second-order valence-electron chi connectivity index (χ2n) is 5.28. The van der Waals surface area contributed by atoms with E-state index in [0.717, 1.165) is 5.56 Å². The van der Waals surface area contributed by atoms with Gasteiger partial charge in [0, 0.05) is 10.0 Å². The average molecular weight is 497 g/mol. The Kier molecular flexibility index (Phi) is 8.04. The quantitative estimate of drug-likeness (QED) is 0.584. The van der Waals surface area contributed by atoms with Gasteiger partial charge in [0.25, 0.3) is 11.8 Å². The highest BCUT2D eigenvalue weighted by Gasteiger charge is 2.12. The minimum atomic E-state index is -0.580. The van der Waals surface area contributed by atoms with Crippen molar-refractivity contribution in [1.82, 2.24) is 10.9 Å². The van der Waals surface area contributed by atoms with E-state index in [2.05, 4.69) is 26.8 Å². The van der Waals surface area contributed by atoms with Gasteiger partial charge in [0.05, 0.1) is 9.50 Å². The van der Waals surface area contributed by atoms with Crippen LogP contribution in [0.2, 0.25) is 15.1 Å². The molecule has 6 nitrogen and oxygen atoms in total. The number of hydrogen-bond donors (Lipinski definition) is 2. The molecule has 0 atom stereocenters. The lowest BCUT2D eigenvalue weighted by molar-refractivity contribution is -0.131. The molecule has 0 aliphatic rings. The first kappa shape index (κ1) is 21.6. The van der Waals surface area contributed by atoms with Crippen LogP contribution in [0.1, 0.15) is 5.56 Å². The number of amides is 2. The summed E-state index contributed by atoms with van der Waals surface area (Å²) in [5.74, 6) is -0.363. The van der Waals surface area contributed by atoms with Crippen LogP contribution in [0, 0.1) is 6.92 Å². The Balaban J connectivity index is 1.75. The molecule has 2 rings (SSSR count). The average Bonchev–Trinajstić information content (AvgIpc) is 2.60. The summed E-state index contributed by atoms with van der Waals surface area (Å²) in [6, 6.07) is 8.08. The van der Waals surface area contributed by atoms with E-state index >= 15 is 0 Å². The van der Waals surface area contributed by atoms with Crippen LogP contribution >= 0.6 is 50.7 Å². The number of aryl methyl sites for hydroxylation is 1. The molecule has 2 amide bonds. The Labute approximate surface area is 179 Å². The summed E-state index contributed by atoms with van der Waals surface area (Å²) in [6.07, 6.45) is 0. The van der Waals surface area contributed by atoms with Gasteiger partial charge in [-0.05, 0) is 58.7 Å². The standard InChI is InChI=1S/C17H14BrCl3N2O4/c1-9-4-11(2-3-13(9)20)26-7-15(24)22-23-16(25)8-27-17-12(18)5-10(19)6-14(17)21/h2-6H,7-8H2,1H3,(H,22,24)(H,23,25). The van der Waals surface area contributed by atoms with E-state index in [0.29, 0.717) is 20.3 Å². The largest absolute Gasteiger partial charge is 0.484 e. The summed E-state index contributed by atoms with van der Waals surface area (Å²) in [4.78, 5) is 23.5. The summed E-state index contributed by atoms with van der Waals surface area (Å²) in [7, 11) is 0. The first-order valence-corrected chi connectivity index (χ1v) is 9.43. The van der Waals surface area contributed by atoms with Crippen molar-refractivity contribution in [3.05, 3.63) is 55.4 Å². The molecule has 2 aromatic carbocycles. The van der Waals surface area contributed by atoms with Crippen LogP contribution < -0.4 is 20.3 Å². The minimum Gasteiger partial charge on any atom is -0.484 e. The third kappa shape index (κ3) is 6.77. The zero-order valence-corrected chi connectivity index (χ0v) is 17.8. The number of hydrogen-bond acceptors (Lipinski definition) is 4. The smallest absolute Gasteiger partial charge is 0.276 e. The van der Waals surface area contributed by atoms with Crippen LogP contribution in [-0.2, 0) is 9.59 Å². The third-order valence-electron chi connectivity index (χ3n) is 3.15. The van der Waals surface area contributed by atoms with E-state index in [4.69, 9.17) is 44.3 Å². The Morgan fingerprint density at radius 1 is 0.963 bits per heavy atom. The van der Waals surface area contributed by atoms with E-state index in [1.54, 1.807) is 24.3 Å². The molecule has 0 aliphatic carbocycles. The maximum atomic E-state index is 11.8. The van der Waals surface area contributed by atoms with E-state index in [1.807, 2.05) is 6.92 Å². The van der Waals surface area contributed by atoms with Crippen molar-refractivity contribution in [2.75, 3.05) is 13.2 Å². The molecule has 27 heavy (non-hydrogen) atoms. The molecule has 0 saturated carbocycles. The van der Waals surface area contributed by atoms with Crippen molar-refractivity contribution in [2.24, 2.45) is 0 Å². The fraction of sp³-hybridized carbons (Fsp3) is 0.176. The third-order valence-corrected chi connectivity index (χ3v) is 4.66. The van der Waals surface area contributed by atoms with Crippen molar-refractivity contribution >= 4 is 62.5 Å². The number of ether oxygens (including phenoxy) is 2. The summed E-state index contributed by atoms with van der Waals surface area (Å²) in [5, 5.41) is 1.27. The Hall–Kier alpha value is -1.67. The number of rotatable bonds is 6. The number of hydrazine groups is 1. The SMILES string of the molecule is Cc1cc(OCC(=O)NNC(=O)COc2c(Cl)cc(Cl)cc2Br)ccc1Cl. The molecule has 10 heteroatoms. The molecule has 2 N–H and O–H groups in total. The van der Waals surface area contributed by atoms with E-state index in [9.17, 15) is 9.59 Å². The Morgan fingerprint density at radius 2 is 1.59 bits per heavy atom. The minimum absolute atomic E-state index is 0.248. The fourth-order valence-electron chi connectivity index (χ4n) is 1.87. The van der Waals surface area contributed by atoms with Crippen LogP contribution in [0.5, 0.6) is 11.5 Å². The summed E-state index contributed by atoms with van der Waals surface area (Å²) in [5.41, 5.74) is 5.25. The highest BCUT2D eigenvalue weighted by molar-refractivity contribution is 9.10. The zero-order valence-electron chi connectivity index (χ0n) is 13.9. The molecular weight excluding hydrogens is 482 g/mol. The summed E-state index contributed by atoms with van der Waals surface area (Å²) in [6.45, 7) is 1.18. The second kappa shape index (κ2) is 10.0. The first-order valence-electron chi connectivity index (χ1n) is 7.50. The molecule has 0 unspecified atom stereocenters. The van der Waals surface area contributed by atoms with Crippen molar-refractivity contribution in [1.29, 1.82) is 0 Å². The molecule has 0 fully saturated rings. The lowest BCUT2D eigenvalue weighted by atomic mass is 10.2. The number of carbonyl (C=O) groups is 2. The lowest BCUT2D eigenvalue weighted by Crippen LogP contribution is -2.45. The topological polar surface area (TPSA) is 76.7 Å². The lowest BCUT2D eigenvalue weighted by Gasteiger charge is -2.12. The van der Waals surface area contributed by atoms with Gasteiger partial charge in [-0.1, -0.05) is 34.8 Å².